The van der Waals surface area contributed by atoms with Gasteiger partial charge in [0.2, 0.25) is 0 Å². The lowest BCUT2D eigenvalue weighted by Gasteiger charge is -2.01. The maximum Gasteiger partial charge on any atom is 0.352 e. The van der Waals surface area contributed by atoms with Crippen molar-refractivity contribution in [3.8, 4) is 5.75 Å². The van der Waals surface area contributed by atoms with Crippen LogP contribution in [0, 0.1) is 5.82 Å². The zero-order valence-corrected chi connectivity index (χ0v) is 10.5. The van der Waals surface area contributed by atoms with Gasteiger partial charge in [0.05, 0.1) is 11.3 Å². The fraction of sp³-hybridized carbons (Fsp3) is 0.273. The van der Waals surface area contributed by atoms with Crippen LogP contribution in [-0.4, -0.2) is 22.2 Å². The van der Waals surface area contributed by atoms with E-state index < -0.39 is 23.1 Å². The molecule has 0 atom stereocenters. The number of hydrogen-bond donors (Lipinski definition) is 1. The van der Waals surface area contributed by atoms with E-state index in [4.69, 9.17) is 4.74 Å². The zero-order valence-electron chi connectivity index (χ0n) is 9.69. The van der Waals surface area contributed by atoms with Crippen molar-refractivity contribution in [1.82, 2.24) is 4.57 Å². The molecule has 0 spiro atoms. The third-order valence-electron chi connectivity index (χ3n) is 2.45. The fourth-order valence-corrected chi connectivity index (χ4v) is 2.63. The highest BCUT2D eigenvalue weighted by Gasteiger charge is 2.23. The van der Waals surface area contributed by atoms with Crippen LogP contribution in [0.2, 0.25) is 0 Å². The van der Waals surface area contributed by atoms with E-state index in [-0.39, 0.29) is 21.7 Å². The molecule has 18 heavy (non-hydrogen) atoms. The van der Waals surface area contributed by atoms with Crippen LogP contribution in [0.1, 0.15) is 16.6 Å². The summed E-state index contributed by atoms with van der Waals surface area (Å²) in [6.07, 6.45) is 0. The molecule has 0 amide bonds. The fourth-order valence-electron chi connectivity index (χ4n) is 1.60. The van der Waals surface area contributed by atoms with E-state index in [1.807, 2.05) is 0 Å². The first-order chi connectivity index (χ1) is 8.47. The number of carbonyl (C=O) groups is 1. The van der Waals surface area contributed by atoms with Gasteiger partial charge in [-0.3, -0.25) is 4.79 Å². The second-order valence-electron chi connectivity index (χ2n) is 3.57. The number of halogens is 1. The van der Waals surface area contributed by atoms with E-state index in [2.05, 4.69) is 0 Å². The normalized spacial score (nSPS) is 10.8. The molecule has 0 unspecified atom stereocenters. The van der Waals surface area contributed by atoms with Crippen molar-refractivity contribution in [2.24, 2.45) is 7.05 Å². The minimum atomic E-state index is -0.760. The van der Waals surface area contributed by atoms with Crippen molar-refractivity contribution < 1.29 is 19.0 Å². The van der Waals surface area contributed by atoms with E-state index in [1.165, 1.54) is 7.05 Å². The Kier molecular flexibility index (Phi) is 3.08. The predicted molar refractivity (Wildman–Crippen MR) is 64.6 cm³/mol. The summed E-state index contributed by atoms with van der Waals surface area (Å²) < 4.78 is 19.5. The van der Waals surface area contributed by atoms with E-state index >= 15 is 0 Å². The first-order valence-electron chi connectivity index (χ1n) is 5.15. The average Bonchev–Trinajstić information content (AvgIpc) is 2.65. The maximum absolute atomic E-state index is 13.6. The van der Waals surface area contributed by atoms with Crippen molar-refractivity contribution in [3.05, 3.63) is 27.1 Å². The third kappa shape index (κ3) is 1.76. The Balaban J connectivity index is 2.78. The Morgan fingerprint density at radius 1 is 1.61 bits per heavy atom. The minimum absolute atomic E-state index is 0.00746. The van der Waals surface area contributed by atoms with E-state index in [1.54, 1.807) is 6.92 Å². The summed E-state index contributed by atoms with van der Waals surface area (Å²) in [5.74, 6) is -1.92. The number of ether oxygens (including phenoxy) is 1. The summed E-state index contributed by atoms with van der Waals surface area (Å²) in [7, 11) is 1.39. The van der Waals surface area contributed by atoms with Gasteiger partial charge in [0, 0.05) is 13.1 Å². The van der Waals surface area contributed by atoms with Crippen molar-refractivity contribution in [1.29, 1.82) is 0 Å². The number of hydrogen-bond acceptors (Lipinski definition) is 5. The van der Waals surface area contributed by atoms with Crippen LogP contribution in [0.3, 0.4) is 0 Å². The lowest BCUT2D eigenvalue weighted by Crippen LogP contribution is -2.16. The molecule has 0 radical (unpaired) electrons. The highest BCUT2D eigenvalue weighted by molar-refractivity contribution is 7.21. The number of esters is 1. The number of rotatable bonds is 2. The molecule has 0 fully saturated rings. The number of pyridine rings is 1. The van der Waals surface area contributed by atoms with Gasteiger partial charge in [-0.2, -0.15) is 0 Å². The van der Waals surface area contributed by atoms with Gasteiger partial charge < -0.3 is 14.4 Å². The molecule has 2 aromatic heterocycles. The quantitative estimate of drug-likeness (QED) is 0.843. The van der Waals surface area contributed by atoms with Crippen LogP contribution < -0.4 is 5.56 Å². The number of thiophene rings is 1. The molecule has 2 aromatic rings. The van der Waals surface area contributed by atoms with Gasteiger partial charge in [-0.25, -0.2) is 9.18 Å². The second-order valence-corrected chi connectivity index (χ2v) is 4.59. The summed E-state index contributed by atoms with van der Waals surface area (Å²) in [5, 5.41) is 9.90. The number of aryl methyl sites for hydroxylation is 1. The van der Waals surface area contributed by atoms with E-state index in [0.717, 1.165) is 22.0 Å². The zero-order chi connectivity index (χ0) is 13.4. The number of fused-ring (bicyclic) bond motifs is 1. The van der Waals surface area contributed by atoms with Crippen molar-refractivity contribution in [3.63, 3.8) is 0 Å². The molecule has 1 N–H and O–H groups in total. The molecule has 0 aliphatic heterocycles. The molecular formula is C11H10FNO4S. The molecule has 2 heterocycles. The minimum Gasteiger partial charge on any atom is -0.504 e. The Morgan fingerprint density at radius 2 is 2.28 bits per heavy atom. The molecule has 7 heteroatoms. The molecule has 5 nitrogen and oxygen atoms in total. The molecule has 0 aliphatic rings. The van der Waals surface area contributed by atoms with E-state index in [9.17, 15) is 19.1 Å². The van der Waals surface area contributed by atoms with Crippen molar-refractivity contribution in [2.45, 2.75) is 6.92 Å². The molecule has 0 saturated heterocycles. The molecule has 0 aromatic carbocycles. The summed E-state index contributed by atoms with van der Waals surface area (Å²) in [6.45, 7) is 1.77. The largest absolute Gasteiger partial charge is 0.504 e. The van der Waals surface area contributed by atoms with Crippen LogP contribution >= 0.6 is 11.3 Å². The number of carbonyl (C=O) groups excluding carboxylic acids is 1. The van der Waals surface area contributed by atoms with Crippen molar-refractivity contribution in [2.75, 3.05) is 6.61 Å². The summed E-state index contributed by atoms with van der Waals surface area (Å²) in [5.41, 5.74) is -0.587. The Hall–Kier alpha value is -1.89. The van der Waals surface area contributed by atoms with Gasteiger partial charge in [-0.1, -0.05) is 0 Å². The first kappa shape index (κ1) is 12.6. The molecule has 0 bridgehead atoms. The number of nitrogens with zero attached hydrogens (tertiary/aromatic N) is 1. The van der Waals surface area contributed by atoms with Crippen LogP contribution in [0.15, 0.2) is 10.9 Å². The topological polar surface area (TPSA) is 68.5 Å². The van der Waals surface area contributed by atoms with Crippen LogP contribution in [0.5, 0.6) is 5.75 Å². The lowest BCUT2D eigenvalue weighted by molar-refractivity contribution is 0.0529. The monoisotopic (exact) mass is 271 g/mol. The SMILES string of the molecule is CCOC(=O)c1sc2c(F)cc(=O)n(C)c2c1O. The van der Waals surface area contributed by atoms with Gasteiger partial charge in [-0.15, -0.1) is 11.3 Å². The molecule has 0 saturated carbocycles. The Labute approximate surface area is 105 Å². The second kappa shape index (κ2) is 4.41. The molecule has 0 aliphatic carbocycles. The maximum atomic E-state index is 13.6. The van der Waals surface area contributed by atoms with Crippen LogP contribution in [0.4, 0.5) is 4.39 Å². The van der Waals surface area contributed by atoms with Crippen LogP contribution in [0.25, 0.3) is 10.2 Å². The highest BCUT2D eigenvalue weighted by atomic mass is 32.1. The Bertz CT molecular complexity index is 688. The smallest absolute Gasteiger partial charge is 0.352 e. The first-order valence-corrected chi connectivity index (χ1v) is 5.97. The summed E-state index contributed by atoms with van der Waals surface area (Å²) >= 11 is 0.762. The van der Waals surface area contributed by atoms with E-state index in [0.29, 0.717) is 0 Å². The van der Waals surface area contributed by atoms with Gasteiger partial charge in [-0.05, 0) is 6.92 Å². The number of aromatic nitrogens is 1. The number of aromatic hydroxyl groups is 1. The van der Waals surface area contributed by atoms with Gasteiger partial charge in [0.15, 0.2) is 10.6 Å². The third-order valence-corrected chi connectivity index (χ3v) is 3.61. The standard InChI is InChI=1S/C11H10FNO4S/c1-3-17-11(16)10-8(15)7-9(18-10)5(12)4-6(14)13(7)2/h4,15H,3H2,1-2H3. The molecule has 2 rings (SSSR count). The van der Waals surface area contributed by atoms with Gasteiger partial charge in [0.25, 0.3) is 5.56 Å². The lowest BCUT2D eigenvalue weighted by atomic mass is 10.3. The molecular weight excluding hydrogens is 261 g/mol. The van der Waals surface area contributed by atoms with Crippen molar-refractivity contribution >= 4 is 27.5 Å². The predicted octanol–water partition coefficient (Wildman–Crippen LogP) is 1.62. The summed E-state index contributed by atoms with van der Waals surface area (Å²) in [4.78, 5) is 22.9. The summed E-state index contributed by atoms with van der Waals surface area (Å²) in [6, 6.07) is 0.813. The van der Waals surface area contributed by atoms with Gasteiger partial charge >= 0.3 is 5.97 Å². The molecule has 96 valence electrons. The van der Waals surface area contributed by atoms with Crippen LogP contribution in [-0.2, 0) is 11.8 Å². The van der Waals surface area contributed by atoms with Gasteiger partial charge in [0.1, 0.15) is 11.3 Å². The average molecular weight is 271 g/mol. The Morgan fingerprint density at radius 3 is 2.89 bits per heavy atom. The highest BCUT2D eigenvalue weighted by Crippen LogP contribution is 2.37.